The maximum absolute atomic E-state index is 4.78. The van der Waals surface area contributed by atoms with Crippen molar-refractivity contribution in [1.82, 2.24) is 14.9 Å². The van der Waals surface area contributed by atoms with Gasteiger partial charge in [-0.3, -0.25) is 4.57 Å². The molecule has 2 aromatic heterocycles. The molecule has 0 amide bonds. The predicted octanol–water partition coefficient (Wildman–Crippen LogP) is 0.860. The number of nitrogens with zero attached hydrogens (tertiary/aromatic N) is 3. The Balaban J connectivity index is 2.48. The number of hydrogen-bond donors (Lipinski definition) is 0. The lowest BCUT2D eigenvalue weighted by Gasteiger charge is -1.89. The van der Waals surface area contributed by atoms with Gasteiger partial charge in [0.1, 0.15) is 6.20 Å². The fourth-order valence-corrected chi connectivity index (χ4v) is 0.757. The molecule has 2 aromatic rings. The molecule has 4 nitrogen and oxygen atoms in total. The third-order valence-corrected chi connectivity index (χ3v) is 1.21. The molecule has 0 saturated carbocycles. The third kappa shape index (κ3) is 0.699. The number of hydrogen-bond acceptors (Lipinski definition) is 3. The van der Waals surface area contributed by atoms with Crippen molar-refractivity contribution in [3.63, 3.8) is 0 Å². The summed E-state index contributed by atoms with van der Waals surface area (Å²) in [6.07, 6.45) is 5.28. The molecule has 10 heavy (non-hydrogen) atoms. The van der Waals surface area contributed by atoms with E-state index in [2.05, 4.69) is 10.4 Å². The van der Waals surface area contributed by atoms with E-state index in [1.165, 1.54) is 0 Å². The van der Waals surface area contributed by atoms with Crippen molar-refractivity contribution in [3.05, 3.63) is 30.7 Å². The Kier molecular flexibility index (Phi) is 1.04. The highest BCUT2D eigenvalue weighted by molar-refractivity contribution is 5.13. The Bertz CT molecular complexity index is 252. The highest BCUT2D eigenvalue weighted by Gasteiger charge is 1.96. The van der Waals surface area contributed by atoms with Gasteiger partial charge in [0.25, 0.3) is 5.88 Å². The second-order valence-electron chi connectivity index (χ2n) is 1.85. The molecular formula is C6H5N3O. The van der Waals surface area contributed by atoms with Crippen LogP contribution in [0.4, 0.5) is 0 Å². The van der Waals surface area contributed by atoms with E-state index in [1.54, 1.807) is 10.8 Å². The van der Waals surface area contributed by atoms with Gasteiger partial charge in [-0.15, -0.1) is 5.10 Å². The van der Waals surface area contributed by atoms with Gasteiger partial charge in [0.15, 0.2) is 0 Å². The van der Waals surface area contributed by atoms with Crippen molar-refractivity contribution < 1.29 is 4.52 Å². The minimum Gasteiger partial charge on any atom is -0.318 e. The van der Waals surface area contributed by atoms with E-state index in [4.69, 9.17) is 4.52 Å². The van der Waals surface area contributed by atoms with Crippen molar-refractivity contribution in [3.8, 4) is 5.88 Å². The fraction of sp³-hybridized carbons (Fsp3) is 0. The van der Waals surface area contributed by atoms with Crippen molar-refractivity contribution in [2.24, 2.45) is 0 Å². The normalized spacial score (nSPS) is 10.0. The lowest BCUT2D eigenvalue weighted by atomic mass is 10.7. The summed E-state index contributed by atoms with van der Waals surface area (Å²) in [4.78, 5) is 0. The van der Waals surface area contributed by atoms with Crippen LogP contribution in [0.15, 0.2) is 35.2 Å². The van der Waals surface area contributed by atoms with E-state index in [0.29, 0.717) is 5.88 Å². The lowest BCUT2D eigenvalue weighted by molar-refractivity contribution is 0.382. The number of rotatable bonds is 1. The Morgan fingerprint density at radius 3 is 2.70 bits per heavy atom. The summed E-state index contributed by atoms with van der Waals surface area (Å²) in [6.45, 7) is 0. The summed E-state index contributed by atoms with van der Waals surface area (Å²) < 4.78 is 6.57. The number of aromatic nitrogens is 3. The molecule has 0 spiro atoms. The van der Waals surface area contributed by atoms with Gasteiger partial charge in [-0.2, -0.15) is 0 Å². The second-order valence-corrected chi connectivity index (χ2v) is 1.85. The smallest absolute Gasteiger partial charge is 0.255 e. The monoisotopic (exact) mass is 135 g/mol. The molecule has 0 saturated heterocycles. The Hall–Kier alpha value is -1.58. The third-order valence-electron chi connectivity index (χ3n) is 1.21. The summed E-state index contributed by atoms with van der Waals surface area (Å²) in [5.41, 5.74) is 0. The molecule has 2 heterocycles. The van der Waals surface area contributed by atoms with Gasteiger partial charge in [-0.05, 0) is 12.1 Å². The molecule has 0 N–H and O–H groups in total. The first-order chi connectivity index (χ1) is 4.97. The summed E-state index contributed by atoms with van der Waals surface area (Å²) in [6, 6.07) is 3.81. The minimum absolute atomic E-state index is 0.630. The van der Waals surface area contributed by atoms with Crippen LogP contribution in [0.25, 0.3) is 5.88 Å². The van der Waals surface area contributed by atoms with Gasteiger partial charge in [-0.25, -0.2) is 0 Å². The SMILES string of the molecule is c1ccn(-c2cnno2)c1. The maximum atomic E-state index is 4.78. The zero-order valence-corrected chi connectivity index (χ0v) is 5.14. The minimum atomic E-state index is 0.630. The molecule has 0 unspecified atom stereocenters. The average molecular weight is 135 g/mol. The van der Waals surface area contributed by atoms with E-state index in [0.717, 1.165) is 0 Å². The van der Waals surface area contributed by atoms with E-state index in [-0.39, 0.29) is 0 Å². The van der Waals surface area contributed by atoms with Crippen molar-refractivity contribution in [1.29, 1.82) is 0 Å². The van der Waals surface area contributed by atoms with Crippen molar-refractivity contribution in [2.75, 3.05) is 0 Å². The summed E-state index contributed by atoms with van der Waals surface area (Å²) >= 11 is 0. The highest BCUT2D eigenvalue weighted by Crippen LogP contribution is 2.02. The van der Waals surface area contributed by atoms with Crippen LogP contribution >= 0.6 is 0 Å². The molecule has 0 bridgehead atoms. The largest absolute Gasteiger partial charge is 0.318 e. The molecule has 4 heteroatoms. The first-order valence-electron chi connectivity index (χ1n) is 2.87. The van der Waals surface area contributed by atoms with Crippen LogP contribution < -0.4 is 0 Å². The highest BCUT2D eigenvalue weighted by atomic mass is 16.5. The Labute approximate surface area is 57.1 Å². The van der Waals surface area contributed by atoms with Gasteiger partial charge in [0.05, 0.1) is 0 Å². The van der Waals surface area contributed by atoms with E-state index in [1.807, 2.05) is 24.5 Å². The molecule has 0 radical (unpaired) electrons. The topological polar surface area (TPSA) is 43.9 Å². The average Bonchev–Trinajstić information content (AvgIpc) is 2.59. The molecule has 0 aromatic carbocycles. The van der Waals surface area contributed by atoms with E-state index in [9.17, 15) is 0 Å². The predicted molar refractivity (Wildman–Crippen MR) is 33.6 cm³/mol. The van der Waals surface area contributed by atoms with Crippen molar-refractivity contribution in [2.45, 2.75) is 0 Å². The van der Waals surface area contributed by atoms with Crippen LogP contribution in [-0.2, 0) is 0 Å². The quantitative estimate of drug-likeness (QED) is 0.582. The van der Waals surface area contributed by atoms with Crippen LogP contribution in [0.1, 0.15) is 0 Å². The molecule has 0 atom stereocenters. The van der Waals surface area contributed by atoms with Crippen LogP contribution in [0.2, 0.25) is 0 Å². The first-order valence-corrected chi connectivity index (χ1v) is 2.87. The van der Waals surface area contributed by atoms with Gasteiger partial charge in [0.2, 0.25) is 0 Å². The van der Waals surface area contributed by atoms with Gasteiger partial charge >= 0.3 is 0 Å². The van der Waals surface area contributed by atoms with Gasteiger partial charge < -0.3 is 4.52 Å². The molecule has 0 fully saturated rings. The van der Waals surface area contributed by atoms with Crippen LogP contribution in [-0.4, -0.2) is 14.9 Å². The molecular weight excluding hydrogens is 130 g/mol. The maximum Gasteiger partial charge on any atom is 0.255 e. The Morgan fingerprint density at radius 1 is 1.30 bits per heavy atom. The molecule has 2 rings (SSSR count). The molecule has 0 aliphatic carbocycles. The van der Waals surface area contributed by atoms with Crippen LogP contribution in [0.3, 0.4) is 0 Å². The fourth-order valence-electron chi connectivity index (χ4n) is 0.757. The second kappa shape index (κ2) is 1.98. The van der Waals surface area contributed by atoms with Gasteiger partial charge in [-0.1, -0.05) is 0 Å². The summed E-state index contributed by atoms with van der Waals surface area (Å²) in [7, 11) is 0. The van der Waals surface area contributed by atoms with E-state index < -0.39 is 0 Å². The molecule has 0 aliphatic rings. The summed E-state index contributed by atoms with van der Waals surface area (Å²) in [5, 5.41) is 6.87. The molecule has 0 aliphatic heterocycles. The standard InChI is InChI=1S/C6H5N3O/c1-2-4-9(3-1)6-5-7-8-10-6/h1-5H. The lowest BCUT2D eigenvalue weighted by Crippen LogP contribution is -1.84. The van der Waals surface area contributed by atoms with Crippen LogP contribution in [0.5, 0.6) is 0 Å². The Morgan fingerprint density at radius 2 is 2.10 bits per heavy atom. The zero-order chi connectivity index (χ0) is 6.81. The molecule has 50 valence electrons. The summed E-state index contributed by atoms with van der Waals surface area (Å²) in [5.74, 6) is 0.630. The van der Waals surface area contributed by atoms with Crippen molar-refractivity contribution >= 4 is 0 Å². The van der Waals surface area contributed by atoms with Crippen LogP contribution in [0, 0.1) is 0 Å². The first kappa shape index (κ1) is 5.22. The zero-order valence-electron chi connectivity index (χ0n) is 5.14. The van der Waals surface area contributed by atoms with Gasteiger partial charge in [0, 0.05) is 17.7 Å². The van der Waals surface area contributed by atoms with E-state index >= 15 is 0 Å².